The van der Waals surface area contributed by atoms with Crippen LogP contribution in [0.15, 0.2) is 59.3 Å². The van der Waals surface area contributed by atoms with E-state index in [0.717, 1.165) is 10.0 Å². The van der Waals surface area contributed by atoms with Crippen LogP contribution >= 0.6 is 15.9 Å². The van der Waals surface area contributed by atoms with Gasteiger partial charge in [0.2, 0.25) is 0 Å². The van der Waals surface area contributed by atoms with Crippen molar-refractivity contribution in [2.75, 3.05) is 0 Å². The van der Waals surface area contributed by atoms with Crippen LogP contribution in [0.4, 0.5) is 4.39 Å². The molecule has 0 amide bonds. The quantitative estimate of drug-likeness (QED) is 0.612. The van der Waals surface area contributed by atoms with Gasteiger partial charge in [0.1, 0.15) is 35.5 Å². The molecule has 0 saturated heterocycles. The lowest BCUT2D eigenvalue weighted by molar-refractivity contribution is 0.301. The molecule has 1 heterocycles. The first kappa shape index (κ1) is 16.4. The van der Waals surface area contributed by atoms with Gasteiger partial charge < -0.3 is 9.47 Å². The Hall–Kier alpha value is -2.47. The third-order valence-electron chi connectivity index (χ3n) is 3.13. The molecule has 3 rings (SSSR count). The maximum atomic E-state index is 13.8. The Balaban J connectivity index is 1.71. The highest BCUT2D eigenvalue weighted by Gasteiger charge is 2.05. The van der Waals surface area contributed by atoms with Gasteiger partial charge in [0, 0.05) is 40.6 Å². The van der Waals surface area contributed by atoms with E-state index in [4.69, 9.17) is 9.47 Å². The fourth-order valence-corrected chi connectivity index (χ4v) is 2.24. The Morgan fingerprint density at radius 3 is 2.33 bits per heavy atom. The van der Waals surface area contributed by atoms with E-state index < -0.39 is 5.82 Å². The number of aryl methyl sites for hydroxylation is 1. The number of ether oxygens (including phenoxy) is 2. The first-order valence-electron chi connectivity index (χ1n) is 7.23. The van der Waals surface area contributed by atoms with Crippen molar-refractivity contribution in [3.8, 4) is 17.2 Å². The number of rotatable bonds is 5. The molecule has 0 spiro atoms. The summed E-state index contributed by atoms with van der Waals surface area (Å²) in [5.41, 5.74) is 0.806. The van der Waals surface area contributed by atoms with E-state index in [2.05, 4.69) is 25.9 Å². The summed E-state index contributed by atoms with van der Waals surface area (Å²) < 4.78 is 26.0. The lowest BCUT2D eigenvalue weighted by atomic mass is 10.3. The summed E-state index contributed by atoms with van der Waals surface area (Å²) in [6.07, 6.45) is 3.36. The van der Waals surface area contributed by atoms with Gasteiger partial charge >= 0.3 is 0 Å². The largest absolute Gasteiger partial charge is 0.489 e. The van der Waals surface area contributed by atoms with E-state index in [1.165, 1.54) is 12.1 Å². The van der Waals surface area contributed by atoms with Crippen molar-refractivity contribution >= 4 is 15.9 Å². The Morgan fingerprint density at radius 1 is 0.958 bits per heavy atom. The summed E-state index contributed by atoms with van der Waals surface area (Å²) in [6.45, 7) is 2.06. The van der Waals surface area contributed by atoms with E-state index in [-0.39, 0.29) is 6.61 Å². The molecular formula is C18H14BrFN2O2. The zero-order valence-corrected chi connectivity index (χ0v) is 14.5. The zero-order valence-electron chi connectivity index (χ0n) is 12.9. The van der Waals surface area contributed by atoms with Crippen molar-refractivity contribution in [3.63, 3.8) is 0 Å². The van der Waals surface area contributed by atoms with Crippen LogP contribution in [-0.4, -0.2) is 9.97 Å². The molecule has 0 saturated carbocycles. The molecule has 122 valence electrons. The highest BCUT2D eigenvalue weighted by atomic mass is 79.9. The number of hydrogen-bond donors (Lipinski definition) is 0. The Bertz CT molecular complexity index is 823. The minimum absolute atomic E-state index is 0.251. The first-order chi connectivity index (χ1) is 11.6. The Labute approximate surface area is 147 Å². The van der Waals surface area contributed by atoms with Gasteiger partial charge in [-0.05, 0) is 31.2 Å². The molecule has 0 radical (unpaired) electrons. The lowest BCUT2D eigenvalue weighted by Crippen LogP contribution is -1.99. The van der Waals surface area contributed by atoms with Crippen LogP contribution in [0.2, 0.25) is 0 Å². The molecule has 0 unspecified atom stereocenters. The van der Waals surface area contributed by atoms with E-state index in [1.54, 1.807) is 30.6 Å². The van der Waals surface area contributed by atoms with Gasteiger partial charge in [-0.1, -0.05) is 15.9 Å². The zero-order chi connectivity index (χ0) is 16.9. The van der Waals surface area contributed by atoms with Crippen LogP contribution in [0.1, 0.15) is 11.4 Å². The molecule has 0 bridgehead atoms. The smallest absolute Gasteiger partial charge is 0.134 e. The van der Waals surface area contributed by atoms with Crippen molar-refractivity contribution < 1.29 is 13.9 Å². The van der Waals surface area contributed by atoms with E-state index in [0.29, 0.717) is 23.1 Å². The number of halogens is 2. The minimum atomic E-state index is -0.431. The molecule has 0 N–H and O–H groups in total. The predicted molar refractivity (Wildman–Crippen MR) is 91.7 cm³/mol. The van der Waals surface area contributed by atoms with Gasteiger partial charge in [-0.15, -0.1) is 0 Å². The third-order valence-corrected chi connectivity index (χ3v) is 3.66. The molecule has 2 aromatic carbocycles. The topological polar surface area (TPSA) is 44.2 Å². The highest BCUT2D eigenvalue weighted by Crippen LogP contribution is 2.28. The Kier molecular flexibility index (Phi) is 5.05. The molecule has 1 aromatic heterocycles. The minimum Gasteiger partial charge on any atom is -0.489 e. The maximum absolute atomic E-state index is 13.8. The van der Waals surface area contributed by atoms with Crippen molar-refractivity contribution in [1.82, 2.24) is 9.97 Å². The second kappa shape index (κ2) is 7.40. The first-order valence-corrected chi connectivity index (χ1v) is 8.02. The summed E-state index contributed by atoms with van der Waals surface area (Å²) in [4.78, 5) is 8.19. The van der Waals surface area contributed by atoms with E-state index >= 15 is 0 Å². The van der Waals surface area contributed by atoms with Crippen LogP contribution in [0.3, 0.4) is 0 Å². The fraction of sp³-hybridized carbons (Fsp3) is 0.111. The van der Waals surface area contributed by atoms with Gasteiger partial charge in [0.05, 0.1) is 0 Å². The highest BCUT2D eigenvalue weighted by molar-refractivity contribution is 9.10. The van der Waals surface area contributed by atoms with Crippen molar-refractivity contribution in [2.24, 2.45) is 0 Å². The van der Waals surface area contributed by atoms with Gasteiger partial charge in [-0.25, -0.2) is 14.4 Å². The average Bonchev–Trinajstić information content (AvgIpc) is 2.56. The van der Waals surface area contributed by atoms with Crippen molar-refractivity contribution in [3.05, 3.63) is 76.5 Å². The average molecular weight is 389 g/mol. The number of nitrogens with zero attached hydrogens (tertiary/aromatic N) is 2. The number of hydrogen-bond acceptors (Lipinski definition) is 4. The summed E-state index contributed by atoms with van der Waals surface area (Å²) in [6, 6.07) is 11.5. The molecule has 0 atom stereocenters. The SMILES string of the molecule is Cc1ncc(COc2cc(F)cc(Oc3ccc(Br)cc3)c2)cn1. The molecule has 6 heteroatoms. The van der Waals surface area contributed by atoms with Gasteiger partial charge in [-0.2, -0.15) is 0 Å². The summed E-state index contributed by atoms with van der Waals surface area (Å²) in [5, 5.41) is 0. The number of aromatic nitrogens is 2. The van der Waals surface area contributed by atoms with Crippen LogP contribution in [0, 0.1) is 12.7 Å². The third kappa shape index (κ3) is 4.52. The molecule has 0 aliphatic heterocycles. The van der Waals surface area contributed by atoms with E-state index in [9.17, 15) is 4.39 Å². The summed E-state index contributed by atoms with van der Waals surface area (Å²) in [7, 11) is 0. The fourth-order valence-electron chi connectivity index (χ4n) is 1.98. The second-order valence-electron chi connectivity index (χ2n) is 5.11. The standard InChI is InChI=1S/C18H14BrFN2O2/c1-12-21-9-13(10-22-12)11-23-17-6-15(20)7-18(8-17)24-16-4-2-14(19)3-5-16/h2-10H,11H2,1H3. The second-order valence-corrected chi connectivity index (χ2v) is 6.02. The summed E-state index contributed by atoms with van der Waals surface area (Å²) >= 11 is 3.36. The molecule has 0 fully saturated rings. The molecule has 0 aliphatic rings. The Morgan fingerprint density at radius 2 is 1.62 bits per heavy atom. The van der Waals surface area contributed by atoms with Crippen molar-refractivity contribution in [2.45, 2.75) is 13.5 Å². The predicted octanol–water partition coefficient (Wildman–Crippen LogP) is 5.06. The summed E-state index contributed by atoms with van der Waals surface area (Å²) in [5.74, 6) is 1.62. The van der Waals surface area contributed by atoms with Crippen LogP contribution in [0.25, 0.3) is 0 Å². The van der Waals surface area contributed by atoms with Gasteiger partial charge in [0.15, 0.2) is 0 Å². The maximum Gasteiger partial charge on any atom is 0.134 e. The van der Waals surface area contributed by atoms with Crippen molar-refractivity contribution in [1.29, 1.82) is 0 Å². The molecule has 0 aliphatic carbocycles. The van der Waals surface area contributed by atoms with Gasteiger partial charge in [-0.3, -0.25) is 0 Å². The van der Waals surface area contributed by atoms with Crippen LogP contribution < -0.4 is 9.47 Å². The van der Waals surface area contributed by atoms with E-state index in [1.807, 2.05) is 19.1 Å². The normalized spacial score (nSPS) is 10.5. The number of benzene rings is 2. The van der Waals surface area contributed by atoms with Crippen LogP contribution in [-0.2, 0) is 6.61 Å². The lowest BCUT2D eigenvalue weighted by Gasteiger charge is -2.10. The van der Waals surface area contributed by atoms with Crippen LogP contribution in [0.5, 0.6) is 17.2 Å². The molecule has 4 nitrogen and oxygen atoms in total. The van der Waals surface area contributed by atoms with Gasteiger partial charge in [0.25, 0.3) is 0 Å². The monoisotopic (exact) mass is 388 g/mol. The molecular weight excluding hydrogens is 375 g/mol. The molecule has 3 aromatic rings. The molecule has 24 heavy (non-hydrogen) atoms.